The summed E-state index contributed by atoms with van der Waals surface area (Å²) in [6.45, 7) is 2.00. The molecule has 0 saturated carbocycles. The van der Waals surface area contributed by atoms with Gasteiger partial charge in [0.05, 0.1) is 11.3 Å². The van der Waals surface area contributed by atoms with Crippen LogP contribution in [0.2, 0.25) is 0 Å². The maximum atomic E-state index is 13.7. The van der Waals surface area contributed by atoms with E-state index in [0.717, 1.165) is 11.3 Å². The van der Waals surface area contributed by atoms with Gasteiger partial charge in [-0.15, -0.1) is 0 Å². The van der Waals surface area contributed by atoms with Gasteiger partial charge in [0.2, 0.25) is 0 Å². The van der Waals surface area contributed by atoms with Crippen molar-refractivity contribution in [3.05, 3.63) is 65.7 Å². The van der Waals surface area contributed by atoms with E-state index in [1.54, 1.807) is 6.07 Å². The van der Waals surface area contributed by atoms with Crippen molar-refractivity contribution in [1.29, 1.82) is 0 Å². The fourth-order valence-electron chi connectivity index (χ4n) is 2.05. The van der Waals surface area contributed by atoms with Crippen LogP contribution in [-0.2, 0) is 0 Å². The Balaban J connectivity index is 1.88. The summed E-state index contributed by atoms with van der Waals surface area (Å²) in [6, 6.07) is 13.1. The molecular weight excluding hydrogens is 272 g/mol. The number of rotatable bonds is 3. The number of nitrogens with one attached hydrogen (secondary N) is 2. The van der Waals surface area contributed by atoms with Gasteiger partial charge in [-0.05, 0) is 31.2 Å². The van der Waals surface area contributed by atoms with Gasteiger partial charge in [-0.1, -0.05) is 23.8 Å². The van der Waals surface area contributed by atoms with E-state index in [4.69, 9.17) is 0 Å². The molecule has 3 nitrogen and oxygen atoms in total. The Hall–Kier alpha value is -2.69. The van der Waals surface area contributed by atoms with Gasteiger partial charge in [0.1, 0.15) is 11.6 Å². The number of halogens is 2. The summed E-state index contributed by atoms with van der Waals surface area (Å²) in [5, 5.41) is 9.74. The molecule has 21 heavy (non-hydrogen) atoms. The predicted octanol–water partition coefficient (Wildman–Crippen LogP) is 4.41. The number of hydrogen-bond acceptors (Lipinski definition) is 2. The average molecular weight is 285 g/mol. The lowest BCUT2D eigenvalue weighted by Gasteiger charge is -2.02. The van der Waals surface area contributed by atoms with Gasteiger partial charge in [-0.3, -0.25) is 5.10 Å². The van der Waals surface area contributed by atoms with Crippen LogP contribution in [0.4, 0.5) is 20.3 Å². The Kier molecular flexibility index (Phi) is 3.39. The molecule has 0 bridgehead atoms. The molecule has 0 unspecified atom stereocenters. The topological polar surface area (TPSA) is 40.7 Å². The van der Waals surface area contributed by atoms with E-state index in [9.17, 15) is 8.78 Å². The maximum Gasteiger partial charge on any atom is 0.152 e. The number of aryl methyl sites for hydroxylation is 1. The third kappa shape index (κ3) is 2.76. The Morgan fingerprint density at radius 3 is 2.33 bits per heavy atom. The van der Waals surface area contributed by atoms with Crippen molar-refractivity contribution in [3.63, 3.8) is 0 Å². The number of aromatic nitrogens is 2. The molecule has 0 atom stereocenters. The normalized spacial score (nSPS) is 10.6. The van der Waals surface area contributed by atoms with Crippen molar-refractivity contribution < 1.29 is 8.78 Å². The summed E-state index contributed by atoms with van der Waals surface area (Å²) in [6.07, 6.45) is 0. The van der Waals surface area contributed by atoms with Crippen LogP contribution in [-0.4, -0.2) is 10.2 Å². The summed E-state index contributed by atoms with van der Waals surface area (Å²) in [5.41, 5.74) is 2.19. The molecule has 0 aliphatic rings. The van der Waals surface area contributed by atoms with Crippen LogP contribution < -0.4 is 5.32 Å². The zero-order valence-electron chi connectivity index (χ0n) is 11.3. The molecule has 3 rings (SSSR count). The molecule has 5 heteroatoms. The highest BCUT2D eigenvalue weighted by Gasteiger charge is 2.13. The van der Waals surface area contributed by atoms with Gasteiger partial charge < -0.3 is 5.32 Å². The van der Waals surface area contributed by atoms with Crippen molar-refractivity contribution in [3.8, 4) is 11.3 Å². The van der Waals surface area contributed by atoms with Crippen LogP contribution in [0.15, 0.2) is 48.5 Å². The third-order valence-corrected chi connectivity index (χ3v) is 3.13. The first-order valence-corrected chi connectivity index (χ1v) is 6.47. The smallest absolute Gasteiger partial charge is 0.152 e. The lowest BCUT2D eigenvalue weighted by molar-refractivity contribution is 0.588. The second-order valence-corrected chi connectivity index (χ2v) is 4.75. The number of benzene rings is 2. The molecule has 2 N–H and O–H groups in total. The van der Waals surface area contributed by atoms with Crippen LogP contribution in [0.25, 0.3) is 11.3 Å². The Morgan fingerprint density at radius 1 is 1.00 bits per heavy atom. The Labute approximate surface area is 120 Å². The number of H-pyrrole nitrogens is 1. The predicted molar refractivity (Wildman–Crippen MR) is 78.4 cm³/mol. The number of aromatic amines is 1. The third-order valence-electron chi connectivity index (χ3n) is 3.13. The standard InChI is InChI=1S/C16H13F2N3/c1-10-5-7-11(8-6-10)19-15-9-14(20-21-15)16-12(17)3-2-4-13(16)18/h2-9H,1H3,(H2,19,20,21). The van der Waals surface area contributed by atoms with E-state index in [2.05, 4.69) is 15.5 Å². The van der Waals surface area contributed by atoms with Crippen LogP contribution in [0.5, 0.6) is 0 Å². The zero-order chi connectivity index (χ0) is 14.8. The first kappa shape index (κ1) is 13.3. The van der Waals surface area contributed by atoms with E-state index in [1.165, 1.54) is 18.2 Å². The molecular formula is C16H13F2N3. The molecule has 0 radical (unpaired) electrons. The molecule has 0 aliphatic heterocycles. The second kappa shape index (κ2) is 5.36. The van der Waals surface area contributed by atoms with Gasteiger partial charge in [0, 0.05) is 11.8 Å². The highest BCUT2D eigenvalue weighted by Crippen LogP contribution is 2.26. The van der Waals surface area contributed by atoms with Gasteiger partial charge in [-0.25, -0.2) is 8.78 Å². The second-order valence-electron chi connectivity index (χ2n) is 4.75. The van der Waals surface area contributed by atoms with Crippen LogP contribution in [0, 0.1) is 18.6 Å². The summed E-state index contributed by atoms with van der Waals surface area (Å²) in [4.78, 5) is 0. The van der Waals surface area contributed by atoms with E-state index in [1.807, 2.05) is 31.2 Å². The first-order valence-electron chi connectivity index (χ1n) is 6.47. The molecule has 2 aromatic carbocycles. The first-order chi connectivity index (χ1) is 10.1. The minimum Gasteiger partial charge on any atom is -0.339 e. The van der Waals surface area contributed by atoms with Crippen molar-refractivity contribution in [1.82, 2.24) is 10.2 Å². The molecule has 1 heterocycles. The Morgan fingerprint density at radius 2 is 1.67 bits per heavy atom. The summed E-state index contributed by atoms with van der Waals surface area (Å²) in [7, 11) is 0. The fraction of sp³-hybridized carbons (Fsp3) is 0.0625. The summed E-state index contributed by atoms with van der Waals surface area (Å²) < 4.78 is 27.4. The number of hydrogen-bond donors (Lipinski definition) is 2. The zero-order valence-corrected chi connectivity index (χ0v) is 11.3. The fourth-order valence-corrected chi connectivity index (χ4v) is 2.05. The number of anilines is 2. The molecule has 0 spiro atoms. The summed E-state index contributed by atoms with van der Waals surface area (Å²) in [5.74, 6) is -0.752. The highest BCUT2D eigenvalue weighted by atomic mass is 19.1. The van der Waals surface area contributed by atoms with Gasteiger partial charge >= 0.3 is 0 Å². The molecule has 0 aliphatic carbocycles. The van der Waals surface area contributed by atoms with Gasteiger partial charge in [0.25, 0.3) is 0 Å². The lowest BCUT2D eigenvalue weighted by atomic mass is 10.1. The minimum absolute atomic E-state index is 0.109. The van der Waals surface area contributed by atoms with Crippen molar-refractivity contribution in [2.45, 2.75) is 6.92 Å². The molecule has 106 valence electrons. The SMILES string of the molecule is Cc1ccc(Nc2cc(-c3c(F)cccc3F)[nH]n2)cc1. The monoisotopic (exact) mass is 285 g/mol. The van der Waals surface area contributed by atoms with Crippen LogP contribution in [0.1, 0.15) is 5.56 Å². The molecule has 0 amide bonds. The average Bonchev–Trinajstić information content (AvgIpc) is 2.89. The number of nitrogens with zero attached hydrogens (tertiary/aromatic N) is 1. The van der Waals surface area contributed by atoms with E-state index in [0.29, 0.717) is 11.5 Å². The van der Waals surface area contributed by atoms with E-state index in [-0.39, 0.29) is 5.56 Å². The van der Waals surface area contributed by atoms with Crippen LogP contribution in [0.3, 0.4) is 0 Å². The largest absolute Gasteiger partial charge is 0.339 e. The summed E-state index contributed by atoms with van der Waals surface area (Å²) >= 11 is 0. The van der Waals surface area contributed by atoms with Crippen molar-refractivity contribution in [2.75, 3.05) is 5.32 Å². The molecule has 1 aromatic heterocycles. The highest BCUT2D eigenvalue weighted by molar-refractivity contribution is 5.66. The lowest BCUT2D eigenvalue weighted by Crippen LogP contribution is -1.89. The van der Waals surface area contributed by atoms with E-state index < -0.39 is 11.6 Å². The molecule has 3 aromatic rings. The Bertz CT molecular complexity index is 743. The minimum atomic E-state index is -0.625. The maximum absolute atomic E-state index is 13.7. The quantitative estimate of drug-likeness (QED) is 0.748. The molecule has 0 saturated heterocycles. The van der Waals surface area contributed by atoms with Crippen LogP contribution >= 0.6 is 0 Å². The van der Waals surface area contributed by atoms with Gasteiger partial charge in [-0.2, -0.15) is 5.10 Å². The molecule has 0 fully saturated rings. The van der Waals surface area contributed by atoms with Crippen molar-refractivity contribution in [2.24, 2.45) is 0 Å². The van der Waals surface area contributed by atoms with E-state index >= 15 is 0 Å². The van der Waals surface area contributed by atoms with Gasteiger partial charge in [0.15, 0.2) is 5.82 Å². The van der Waals surface area contributed by atoms with Crippen molar-refractivity contribution >= 4 is 11.5 Å².